The molecule has 2 atom stereocenters. The highest BCUT2D eigenvalue weighted by atomic mass is 15.1. The molecule has 14 heavy (non-hydrogen) atoms. The first kappa shape index (κ1) is 9.72. The highest BCUT2D eigenvalue weighted by molar-refractivity contribution is 5.14. The van der Waals surface area contributed by atoms with Crippen molar-refractivity contribution in [3.8, 4) is 0 Å². The number of likely N-dealkylation sites (tertiary alicyclic amines) is 1. The van der Waals surface area contributed by atoms with Crippen LogP contribution in [0.25, 0.3) is 0 Å². The lowest BCUT2D eigenvalue weighted by Crippen LogP contribution is -2.19. The van der Waals surface area contributed by atoms with Gasteiger partial charge in [-0.2, -0.15) is 0 Å². The molecule has 0 radical (unpaired) electrons. The average molecular weight is 189 g/mol. The van der Waals surface area contributed by atoms with E-state index < -0.39 is 0 Å². The molecule has 1 fully saturated rings. The molecule has 1 heteroatoms. The minimum absolute atomic E-state index is 0.860. The SMILES string of the molecule is C[C@H]1CN(Cc2ccccc2)C[C@@H]1C. The summed E-state index contributed by atoms with van der Waals surface area (Å²) in [5, 5.41) is 0. The first-order valence-electron chi connectivity index (χ1n) is 5.52. The molecule has 1 aromatic carbocycles. The summed E-state index contributed by atoms with van der Waals surface area (Å²) in [6.45, 7) is 8.35. The third-order valence-electron chi connectivity index (χ3n) is 3.31. The minimum Gasteiger partial charge on any atom is -0.299 e. The molecule has 0 bridgehead atoms. The maximum atomic E-state index is 2.56. The van der Waals surface area contributed by atoms with E-state index in [1.165, 1.54) is 18.7 Å². The first-order valence-corrected chi connectivity index (χ1v) is 5.52. The van der Waals surface area contributed by atoms with Gasteiger partial charge in [-0.15, -0.1) is 0 Å². The largest absolute Gasteiger partial charge is 0.299 e. The molecule has 0 amide bonds. The first-order chi connectivity index (χ1) is 6.75. The second-order valence-electron chi connectivity index (χ2n) is 4.63. The van der Waals surface area contributed by atoms with Gasteiger partial charge in [0.25, 0.3) is 0 Å². The molecular formula is C13H19N. The Morgan fingerprint density at radius 2 is 1.64 bits per heavy atom. The van der Waals surface area contributed by atoms with E-state index in [2.05, 4.69) is 49.1 Å². The van der Waals surface area contributed by atoms with Crippen LogP contribution in [0.3, 0.4) is 0 Å². The average Bonchev–Trinajstić information content (AvgIpc) is 2.47. The fraction of sp³-hybridized carbons (Fsp3) is 0.538. The Balaban J connectivity index is 1.94. The predicted molar refractivity (Wildman–Crippen MR) is 60.0 cm³/mol. The molecule has 1 aliphatic heterocycles. The Bertz CT molecular complexity index is 271. The van der Waals surface area contributed by atoms with E-state index in [9.17, 15) is 0 Å². The third-order valence-corrected chi connectivity index (χ3v) is 3.31. The summed E-state index contributed by atoms with van der Waals surface area (Å²) in [6.07, 6.45) is 0. The molecule has 1 aliphatic rings. The Labute approximate surface area is 86.7 Å². The molecule has 0 unspecified atom stereocenters. The molecule has 76 valence electrons. The second kappa shape index (κ2) is 4.14. The van der Waals surface area contributed by atoms with Crippen molar-refractivity contribution in [2.75, 3.05) is 13.1 Å². The fourth-order valence-electron chi connectivity index (χ4n) is 2.22. The van der Waals surface area contributed by atoms with Gasteiger partial charge < -0.3 is 0 Å². The Hall–Kier alpha value is -0.820. The lowest BCUT2D eigenvalue weighted by atomic mass is 10.0. The van der Waals surface area contributed by atoms with Crippen LogP contribution in [0.2, 0.25) is 0 Å². The van der Waals surface area contributed by atoms with E-state index in [1.54, 1.807) is 0 Å². The van der Waals surface area contributed by atoms with Crippen LogP contribution < -0.4 is 0 Å². The van der Waals surface area contributed by atoms with Crippen LogP contribution in [0.4, 0.5) is 0 Å². The number of nitrogens with zero attached hydrogens (tertiary/aromatic N) is 1. The van der Waals surface area contributed by atoms with Gasteiger partial charge in [0.2, 0.25) is 0 Å². The van der Waals surface area contributed by atoms with Crippen LogP contribution in [-0.2, 0) is 6.54 Å². The van der Waals surface area contributed by atoms with Crippen molar-refractivity contribution in [1.82, 2.24) is 4.90 Å². The molecule has 0 saturated carbocycles. The smallest absolute Gasteiger partial charge is 0.0233 e. The zero-order valence-corrected chi connectivity index (χ0v) is 9.11. The molecule has 0 aromatic heterocycles. The van der Waals surface area contributed by atoms with Crippen LogP contribution in [-0.4, -0.2) is 18.0 Å². The van der Waals surface area contributed by atoms with Gasteiger partial charge >= 0.3 is 0 Å². The van der Waals surface area contributed by atoms with Crippen molar-refractivity contribution in [2.45, 2.75) is 20.4 Å². The standard InChI is InChI=1S/C13H19N/c1-11-8-14(9-12(11)2)10-13-6-4-3-5-7-13/h3-7,11-12H,8-10H2,1-2H3/t11-,12-/m0/s1. The van der Waals surface area contributed by atoms with Crippen LogP contribution >= 0.6 is 0 Å². The van der Waals surface area contributed by atoms with Gasteiger partial charge in [-0.05, 0) is 17.4 Å². The lowest BCUT2D eigenvalue weighted by Gasteiger charge is -2.14. The van der Waals surface area contributed by atoms with E-state index >= 15 is 0 Å². The highest BCUT2D eigenvalue weighted by Gasteiger charge is 2.25. The van der Waals surface area contributed by atoms with Gasteiger partial charge in [-0.1, -0.05) is 44.2 Å². The Kier molecular flexibility index (Phi) is 2.87. The van der Waals surface area contributed by atoms with Crippen LogP contribution in [0.1, 0.15) is 19.4 Å². The molecule has 1 saturated heterocycles. The van der Waals surface area contributed by atoms with Gasteiger partial charge in [0.05, 0.1) is 0 Å². The topological polar surface area (TPSA) is 3.24 Å². The Morgan fingerprint density at radius 3 is 2.21 bits per heavy atom. The maximum absolute atomic E-state index is 2.56. The summed E-state index contributed by atoms with van der Waals surface area (Å²) in [5.74, 6) is 1.72. The summed E-state index contributed by atoms with van der Waals surface area (Å²) in [4.78, 5) is 2.56. The third kappa shape index (κ3) is 2.16. The van der Waals surface area contributed by atoms with E-state index in [1.807, 2.05) is 0 Å². The van der Waals surface area contributed by atoms with E-state index in [0.717, 1.165) is 18.4 Å². The molecule has 0 spiro atoms. The highest BCUT2D eigenvalue weighted by Crippen LogP contribution is 2.23. The van der Waals surface area contributed by atoms with Crippen molar-refractivity contribution in [3.05, 3.63) is 35.9 Å². The second-order valence-corrected chi connectivity index (χ2v) is 4.63. The monoisotopic (exact) mass is 189 g/mol. The molecule has 1 heterocycles. The fourth-order valence-corrected chi connectivity index (χ4v) is 2.22. The van der Waals surface area contributed by atoms with Crippen molar-refractivity contribution in [2.24, 2.45) is 11.8 Å². The van der Waals surface area contributed by atoms with Gasteiger partial charge in [0, 0.05) is 19.6 Å². The molecule has 2 rings (SSSR count). The molecule has 1 aromatic rings. The number of benzene rings is 1. The minimum atomic E-state index is 0.860. The van der Waals surface area contributed by atoms with E-state index in [-0.39, 0.29) is 0 Å². The van der Waals surface area contributed by atoms with Crippen LogP contribution in [0.15, 0.2) is 30.3 Å². The summed E-state index contributed by atoms with van der Waals surface area (Å²) in [7, 11) is 0. The van der Waals surface area contributed by atoms with Gasteiger partial charge in [-0.25, -0.2) is 0 Å². The van der Waals surface area contributed by atoms with Gasteiger partial charge in [0.15, 0.2) is 0 Å². The van der Waals surface area contributed by atoms with E-state index in [4.69, 9.17) is 0 Å². The predicted octanol–water partition coefficient (Wildman–Crippen LogP) is 2.77. The lowest BCUT2D eigenvalue weighted by molar-refractivity contribution is 0.316. The molecule has 0 aliphatic carbocycles. The van der Waals surface area contributed by atoms with Gasteiger partial charge in [-0.3, -0.25) is 4.90 Å². The van der Waals surface area contributed by atoms with E-state index in [0.29, 0.717) is 0 Å². The van der Waals surface area contributed by atoms with Crippen molar-refractivity contribution >= 4 is 0 Å². The number of rotatable bonds is 2. The molecular weight excluding hydrogens is 170 g/mol. The quantitative estimate of drug-likeness (QED) is 0.691. The van der Waals surface area contributed by atoms with Gasteiger partial charge in [0.1, 0.15) is 0 Å². The van der Waals surface area contributed by atoms with Crippen molar-refractivity contribution in [1.29, 1.82) is 0 Å². The molecule has 0 N–H and O–H groups in total. The Morgan fingerprint density at radius 1 is 1.07 bits per heavy atom. The zero-order valence-electron chi connectivity index (χ0n) is 9.11. The summed E-state index contributed by atoms with van der Waals surface area (Å²) >= 11 is 0. The maximum Gasteiger partial charge on any atom is 0.0233 e. The summed E-state index contributed by atoms with van der Waals surface area (Å²) < 4.78 is 0. The van der Waals surface area contributed by atoms with Crippen LogP contribution in [0, 0.1) is 11.8 Å². The van der Waals surface area contributed by atoms with Crippen molar-refractivity contribution < 1.29 is 0 Å². The number of hydrogen-bond acceptors (Lipinski definition) is 1. The summed E-state index contributed by atoms with van der Waals surface area (Å²) in [5.41, 5.74) is 1.44. The van der Waals surface area contributed by atoms with Crippen molar-refractivity contribution in [3.63, 3.8) is 0 Å². The van der Waals surface area contributed by atoms with Crippen LogP contribution in [0.5, 0.6) is 0 Å². The zero-order chi connectivity index (χ0) is 9.97. The summed E-state index contributed by atoms with van der Waals surface area (Å²) in [6, 6.07) is 10.8. The molecule has 1 nitrogen and oxygen atoms in total. The normalized spacial score (nSPS) is 28.1. The number of hydrogen-bond donors (Lipinski definition) is 0.